The van der Waals surface area contributed by atoms with Crippen molar-refractivity contribution in [3.05, 3.63) is 79.9 Å². The summed E-state index contributed by atoms with van der Waals surface area (Å²) < 4.78 is 7.13. The molecule has 4 aliphatic rings. The summed E-state index contributed by atoms with van der Waals surface area (Å²) in [4.78, 5) is 0. The number of aryl methyl sites for hydroxylation is 4. The van der Waals surface area contributed by atoms with Crippen molar-refractivity contribution < 1.29 is 20.0 Å². The maximum atomic E-state index is 2.81. The SMILES string of the molecule is CC1=C2c3c(C)ccc(C)c3[CH]1[Hf]([CH3])([CH3])[CH]1C(C)=C(c3c(C)ccc(C)c31)[Si]21CCCC1. The van der Waals surface area contributed by atoms with Crippen LogP contribution in [0.15, 0.2) is 35.4 Å². The van der Waals surface area contributed by atoms with Crippen LogP contribution in [-0.4, -0.2) is 8.07 Å². The van der Waals surface area contributed by atoms with Crippen molar-refractivity contribution in [1.82, 2.24) is 0 Å². The molecule has 0 amide bonds. The number of rotatable bonds is 0. The molecule has 0 radical (unpaired) electrons. The van der Waals surface area contributed by atoms with Crippen LogP contribution in [0.4, 0.5) is 0 Å². The van der Waals surface area contributed by atoms with Crippen molar-refractivity contribution >= 4 is 18.5 Å². The number of hydrogen-bond donors (Lipinski definition) is 0. The molecule has 166 valence electrons. The van der Waals surface area contributed by atoms with Gasteiger partial charge in [-0.05, 0) is 0 Å². The minimum atomic E-state index is -2.89. The molecule has 4 bridgehead atoms. The van der Waals surface area contributed by atoms with Gasteiger partial charge in [0.2, 0.25) is 0 Å². The Morgan fingerprint density at radius 2 is 1.00 bits per heavy atom. The zero-order chi connectivity index (χ0) is 22.7. The summed E-state index contributed by atoms with van der Waals surface area (Å²) in [5, 5.41) is 3.84. The van der Waals surface area contributed by atoms with E-state index in [9.17, 15) is 0 Å². The van der Waals surface area contributed by atoms with Gasteiger partial charge >= 0.3 is 202 Å². The van der Waals surface area contributed by atoms with E-state index in [0.29, 0.717) is 0 Å². The molecule has 0 N–H and O–H groups in total. The van der Waals surface area contributed by atoms with Gasteiger partial charge in [0.25, 0.3) is 0 Å². The second kappa shape index (κ2) is 6.78. The molecule has 1 spiro atoms. The van der Waals surface area contributed by atoms with Crippen LogP contribution in [0.2, 0.25) is 21.4 Å². The van der Waals surface area contributed by atoms with Gasteiger partial charge in [-0.25, -0.2) is 0 Å². The van der Waals surface area contributed by atoms with E-state index in [1.807, 2.05) is 21.5 Å². The van der Waals surface area contributed by atoms with Crippen LogP contribution in [0.25, 0.3) is 10.4 Å². The first-order chi connectivity index (χ1) is 15.1. The van der Waals surface area contributed by atoms with Crippen LogP contribution in [0.3, 0.4) is 0 Å². The topological polar surface area (TPSA) is 0 Å². The second-order valence-electron chi connectivity index (χ2n) is 12.1. The fourth-order valence-electron chi connectivity index (χ4n) is 9.05. The van der Waals surface area contributed by atoms with Gasteiger partial charge in [0.1, 0.15) is 0 Å². The Balaban J connectivity index is 1.82. The van der Waals surface area contributed by atoms with Gasteiger partial charge in [0.05, 0.1) is 0 Å². The van der Waals surface area contributed by atoms with Crippen LogP contribution < -0.4 is 0 Å². The van der Waals surface area contributed by atoms with Crippen molar-refractivity contribution in [2.24, 2.45) is 0 Å². The summed E-state index contributed by atoms with van der Waals surface area (Å²) in [6.45, 7) is 14.8. The molecule has 2 aromatic carbocycles. The van der Waals surface area contributed by atoms with Crippen molar-refractivity contribution in [2.45, 2.75) is 83.2 Å². The molecule has 2 heteroatoms. The quantitative estimate of drug-likeness (QED) is 0.264. The van der Waals surface area contributed by atoms with E-state index in [4.69, 9.17) is 0 Å². The van der Waals surface area contributed by atoms with Crippen molar-refractivity contribution in [3.63, 3.8) is 0 Å². The Hall–Kier alpha value is -0.993. The van der Waals surface area contributed by atoms with Gasteiger partial charge in [0.15, 0.2) is 0 Å². The number of hydrogen-bond acceptors (Lipinski definition) is 0. The minimum absolute atomic E-state index is 0.754. The zero-order valence-electron chi connectivity index (χ0n) is 21.3. The van der Waals surface area contributed by atoms with Crippen molar-refractivity contribution in [3.8, 4) is 0 Å². The number of benzene rings is 2. The molecule has 0 saturated carbocycles. The first kappa shape index (κ1) is 21.5. The van der Waals surface area contributed by atoms with Gasteiger partial charge in [-0.3, -0.25) is 0 Å². The van der Waals surface area contributed by atoms with Gasteiger partial charge in [0, 0.05) is 0 Å². The average Bonchev–Trinajstić information content (AvgIpc) is 3.41. The monoisotopic (exact) mass is 606 g/mol. The first-order valence-electron chi connectivity index (χ1n) is 12.8. The van der Waals surface area contributed by atoms with Gasteiger partial charge in [-0.15, -0.1) is 0 Å². The van der Waals surface area contributed by atoms with Crippen molar-refractivity contribution in [1.29, 1.82) is 0 Å². The Kier molecular flexibility index (Phi) is 4.57. The Labute approximate surface area is 200 Å². The Morgan fingerprint density at radius 3 is 1.41 bits per heavy atom. The summed E-state index contributed by atoms with van der Waals surface area (Å²) in [7, 11) is -1.78. The summed E-state index contributed by atoms with van der Waals surface area (Å²) in [6, 6.07) is 12.7. The molecule has 0 nitrogen and oxygen atoms in total. The zero-order valence-corrected chi connectivity index (χ0v) is 25.9. The van der Waals surface area contributed by atoms with Crippen molar-refractivity contribution in [2.75, 3.05) is 0 Å². The van der Waals surface area contributed by atoms with Gasteiger partial charge in [-0.1, -0.05) is 0 Å². The summed E-state index contributed by atoms with van der Waals surface area (Å²) in [5.74, 6) is 0. The fourth-order valence-corrected chi connectivity index (χ4v) is 35.0. The molecule has 2 aliphatic heterocycles. The molecular formula is C30H38HfSi. The van der Waals surface area contributed by atoms with Crippen LogP contribution in [0.1, 0.15) is 78.5 Å². The molecule has 2 heterocycles. The third-order valence-corrected chi connectivity index (χ3v) is 31.5. The molecule has 6 rings (SSSR count). The number of allylic oxidation sites excluding steroid dienone is 2. The van der Waals surface area contributed by atoms with E-state index in [0.717, 1.165) is 7.35 Å². The predicted octanol–water partition coefficient (Wildman–Crippen LogP) is 8.86. The molecule has 1 fully saturated rings. The summed E-state index contributed by atoms with van der Waals surface area (Å²) in [6.07, 6.45) is 2.87. The molecule has 2 atom stereocenters. The van der Waals surface area contributed by atoms with E-state index < -0.39 is 28.0 Å². The molecule has 2 aromatic rings. The molecule has 1 saturated heterocycles. The van der Waals surface area contributed by atoms with Crippen LogP contribution >= 0.6 is 0 Å². The molecule has 2 unspecified atom stereocenters. The molecule has 32 heavy (non-hydrogen) atoms. The average molecular weight is 605 g/mol. The maximum absolute atomic E-state index is 2.89. The molecular weight excluding hydrogens is 567 g/mol. The third kappa shape index (κ3) is 2.37. The molecule has 0 aromatic heterocycles. The second-order valence-corrected chi connectivity index (χ2v) is 33.5. The Bertz CT molecular complexity index is 1170. The van der Waals surface area contributed by atoms with Crippen LogP contribution in [0, 0.1) is 27.7 Å². The fraction of sp³-hybridized carbons (Fsp3) is 0.467. The summed E-state index contributed by atoms with van der Waals surface area (Å²) in [5.41, 5.74) is 17.0. The number of fused-ring (bicyclic) bond motifs is 10. The van der Waals surface area contributed by atoms with E-state index in [1.54, 1.807) is 44.5 Å². The van der Waals surface area contributed by atoms with E-state index in [-0.39, 0.29) is 0 Å². The van der Waals surface area contributed by atoms with Gasteiger partial charge < -0.3 is 0 Å². The van der Waals surface area contributed by atoms with E-state index >= 15 is 0 Å². The first-order valence-corrected chi connectivity index (χ1v) is 26.5. The standard InChI is InChI=1S/C28H32Si.2CH3.Hf/c1-17-9-11-19(3)25-23(17)15-21(5)27(25)29(13-7-8-14-29)28-22(6)16-24-18(2)10-12-20(4)26(24)28;;;/h9-12,15-16H,7-8,13-14H2,1-6H3;2*1H3;. The van der Waals surface area contributed by atoms with Gasteiger partial charge in [-0.2, -0.15) is 0 Å². The van der Waals surface area contributed by atoms with E-state index in [2.05, 4.69) is 75.2 Å². The normalized spacial score (nSPS) is 26.5. The van der Waals surface area contributed by atoms with Crippen LogP contribution in [-0.2, 0) is 20.0 Å². The predicted molar refractivity (Wildman–Crippen MR) is 139 cm³/mol. The van der Waals surface area contributed by atoms with Crippen LogP contribution in [0.5, 0.6) is 0 Å². The third-order valence-electron chi connectivity index (χ3n) is 9.98. The van der Waals surface area contributed by atoms with E-state index in [1.165, 1.54) is 24.9 Å². The Morgan fingerprint density at radius 1 is 0.625 bits per heavy atom. The molecule has 2 aliphatic carbocycles. The summed E-state index contributed by atoms with van der Waals surface area (Å²) >= 11 is -2.89.